The van der Waals surface area contributed by atoms with Crippen LogP contribution >= 0.6 is 0 Å². The number of carbonyl (C=O) groups excluding carboxylic acids is 1. The summed E-state index contributed by atoms with van der Waals surface area (Å²) in [6.07, 6.45) is 3.60. The number of carbonyl (C=O) groups is 1. The predicted molar refractivity (Wildman–Crippen MR) is 79.2 cm³/mol. The first-order valence-corrected chi connectivity index (χ1v) is 7.26. The summed E-state index contributed by atoms with van der Waals surface area (Å²) in [7, 11) is 0. The van der Waals surface area contributed by atoms with Crippen LogP contribution in [0, 0.1) is 24.6 Å². The van der Waals surface area contributed by atoms with Gasteiger partial charge >= 0.3 is 0 Å². The number of primary amides is 1. The van der Waals surface area contributed by atoms with Crippen molar-refractivity contribution >= 4 is 11.6 Å². The summed E-state index contributed by atoms with van der Waals surface area (Å²) < 4.78 is 13.9. The summed E-state index contributed by atoms with van der Waals surface area (Å²) in [5.41, 5.74) is 6.70. The molecule has 3 N–H and O–H groups in total. The molecule has 0 aromatic heterocycles. The van der Waals surface area contributed by atoms with Gasteiger partial charge in [-0.25, -0.2) is 4.39 Å². The van der Waals surface area contributed by atoms with Crippen LogP contribution < -0.4 is 11.1 Å². The smallest absolute Gasteiger partial charge is 0.248 e. The zero-order valence-electron chi connectivity index (χ0n) is 12.4. The van der Waals surface area contributed by atoms with Gasteiger partial charge in [-0.1, -0.05) is 20.3 Å². The van der Waals surface area contributed by atoms with E-state index in [0.29, 0.717) is 29.1 Å². The standard InChI is InChI=1S/C16H23FN2O/c1-9-5-4-6-10(2)15(9)19-14-8-12(16(18)20)7-13(17)11(14)3/h7-10,15,19H,4-6H2,1-3H3,(H2,18,20). The van der Waals surface area contributed by atoms with E-state index in [0.717, 1.165) is 0 Å². The van der Waals surface area contributed by atoms with Crippen molar-refractivity contribution in [2.45, 2.75) is 46.1 Å². The Hall–Kier alpha value is -1.58. The van der Waals surface area contributed by atoms with E-state index in [9.17, 15) is 9.18 Å². The van der Waals surface area contributed by atoms with Gasteiger partial charge in [-0.15, -0.1) is 0 Å². The third-order valence-electron chi connectivity index (χ3n) is 4.50. The molecule has 0 bridgehead atoms. The fourth-order valence-corrected chi connectivity index (χ4v) is 3.12. The molecule has 20 heavy (non-hydrogen) atoms. The SMILES string of the molecule is Cc1c(F)cc(C(N)=O)cc1NC1C(C)CCCC1C. The Balaban J connectivity index is 2.30. The number of nitrogens with one attached hydrogen (secondary N) is 1. The van der Waals surface area contributed by atoms with Crippen LogP contribution in [0.25, 0.3) is 0 Å². The summed E-state index contributed by atoms with van der Waals surface area (Å²) in [5.74, 6) is 0.0912. The molecule has 1 amide bonds. The number of amides is 1. The molecule has 0 aliphatic heterocycles. The van der Waals surface area contributed by atoms with Crippen molar-refractivity contribution in [3.63, 3.8) is 0 Å². The molecule has 1 saturated carbocycles. The summed E-state index contributed by atoms with van der Waals surface area (Å²) in [5, 5.41) is 3.44. The van der Waals surface area contributed by atoms with E-state index in [1.165, 1.54) is 25.3 Å². The molecule has 2 rings (SSSR count). The minimum atomic E-state index is -0.600. The van der Waals surface area contributed by atoms with Crippen molar-refractivity contribution in [2.24, 2.45) is 17.6 Å². The van der Waals surface area contributed by atoms with E-state index in [2.05, 4.69) is 19.2 Å². The fourth-order valence-electron chi connectivity index (χ4n) is 3.12. The number of benzene rings is 1. The van der Waals surface area contributed by atoms with Crippen LogP contribution in [0.15, 0.2) is 12.1 Å². The third kappa shape index (κ3) is 2.94. The topological polar surface area (TPSA) is 55.1 Å². The van der Waals surface area contributed by atoms with E-state index in [4.69, 9.17) is 5.73 Å². The van der Waals surface area contributed by atoms with Crippen LogP contribution in [0.3, 0.4) is 0 Å². The first kappa shape index (κ1) is 14.8. The molecule has 0 radical (unpaired) electrons. The molecule has 0 spiro atoms. The molecule has 110 valence electrons. The van der Waals surface area contributed by atoms with E-state index >= 15 is 0 Å². The van der Waals surface area contributed by atoms with E-state index < -0.39 is 5.91 Å². The number of hydrogen-bond donors (Lipinski definition) is 2. The molecular weight excluding hydrogens is 255 g/mol. The van der Waals surface area contributed by atoms with Crippen LogP contribution in [-0.4, -0.2) is 11.9 Å². The first-order chi connectivity index (χ1) is 9.40. The van der Waals surface area contributed by atoms with Gasteiger partial charge in [0.2, 0.25) is 5.91 Å². The maximum Gasteiger partial charge on any atom is 0.248 e. The van der Waals surface area contributed by atoms with E-state index in [1.807, 2.05) is 0 Å². The van der Waals surface area contributed by atoms with Gasteiger partial charge in [0.05, 0.1) is 0 Å². The number of rotatable bonds is 3. The highest BCUT2D eigenvalue weighted by molar-refractivity contribution is 5.94. The maximum atomic E-state index is 13.9. The van der Waals surface area contributed by atoms with E-state index in [1.54, 1.807) is 13.0 Å². The maximum absolute atomic E-state index is 13.9. The molecule has 1 aliphatic rings. The number of nitrogens with two attached hydrogens (primary N) is 1. The second-order valence-electron chi connectivity index (χ2n) is 6.05. The Morgan fingerprint density at radius 3 is 2.45 bits per heavy atom. The zero-order chi connectivity index (χ0) is 14.9. The summed E-state index contributed by atoms with van der Waals surface area (Å²) in [4.78, 5) is 11.3. The van der Waals surface area contributed by atoms with Crippen molar-refractivity contribution in [2.75, 3.05) is 5.32 Å². The number of hydrogen-bond acceptors (Lipinski definition) is 2. The van der Waals surface area contributed by atoms with Crippen LogP contribution in [0.4, 0.5) is 10.1 Å². The molecule has 2 unspecified atom stereocenters. The molecule has 4 heteroatoms. The highest BCUT2D eigenvalue weighted by Crippen LogP contribution is 2.32. The molecular formula is C16H23FN2O. The van der Waals surface area contributed by atoms with Gasteiger partial charge in [-0.05, 0) is 43.7 Å². The normalized spacial score (nSPS) is 26.3. The molecule has 1 aliphatic carbocycles. The van der Waals surface area contributed by atoms with Crippen molar-refractivity contribution in [1.29, 1.82) is 0 Å². The van der Waals surface area contributed by atoms with Crippen LogP contribution in [0.2, 0.25) is 0 Å². The second kappa shape index (κ2) is 5.81. The lowest BCUT2D eigenvalue weighted by Gasteiger charge is -2.36. The number of anilines is 1. The van der Waals surface area contributed by atoms with Gasteiger partial charge in [0, 0.05) is 22.9 Å². The lowest BCUT2D eigenvalue weighted by atomic mass is 9.78. The predicted octanol–water partition coefficient (Wildman–Crippen LogP) is 3.47. The summed E-state index contributed by atoms with van der Waals surface area (Å²) in [6, 6.07) is 3.18. The van der Waals surface area contributed by atoms with Gasteiger partial charge in [-0.3, -0.25) is 4.79 Å². The molecule has 1 aromatic rings. The van der Waals surface area contributed by atoms with Crippen molar-refractivity contribution in [3.8, 4) is 0 Å². The van der Waals surface area contributed by atoms with E-state index in [-0.39, 0.29) is 11.4 Å². The Kier molecular flexibility index (Phi) is 4.31. The zero-order valence-corrected chi connectivity index (χ0v) is 12.4. The van der Waals surface area contributed by atoms with Crippen LogP contribution in [0.1, 0.15) is 49.0 Å². The average Bonchev–Trinajstić information content (AvgIpc) is 2.38. The van der Waals surface area contributed by atoms with Crippen LogP contribution in [-0.2, 0) is 0 Å². The van der Waals surface area contributed by atoms with Crippen molar-refractivity contribution < 1.29 is 9.18 Å². The largest absolute Gasteiger partial charge is 0.381 e. The van der Waals surface area contributed by atoms with Gasteiger partial charge in [0.1, 0.15) is 5.82 Å². The van der Waals surface area contributed by atoms with Gasteiger partial charge in [0.25, 0.3) is 0 Å². The van der Waals surface area contributed by atoms with Gasteiger partial charge in [0.15, 0.2) is 0 Å². The monoisotopic (exact) mass is 278 g/mol. The Morgan fingerprint density at radius 2 is 1.90 bits per heavy atom. The Bertz CT molecular complexity index is 505. The number of halogens is 1. The minimum absolute atomic E-state index is 0.215. The average molecular weight is 278 g/mol. The van der Waals surface area contributed by atoms with Crippen LogP contribution in [0.5, 0.6) is 0 Å². The highest BCUT2D eigenvalue weighted by Gasteiger charge is 2.28. The second-order valence-corrected chi connectivity index (χ2v) is 6.05. The Morgan fingerprint density at radius 1 is 1.30 bits per heavy atom. The minimum Gasteiger partial charge on any atom is -0.381 e. The molecule has 3 nitrogen and oxygen atoms in total. The molecule has 0 heterocycles. The molecule has 0 saturated heterocycles. The molecule has 2 atom stereocenters. The van der Waals surface area contributed by atoms with Crippen molar-refractivity contribution in [1.82, 2.24) is 0 Å². The summed E-state index contributed by atoms with van der Waals surface area (Å²) >= 11 is 0. The molecule has 1 aromatic carbocycles. The lowest BCUT2D eigenvalue weighted by molar-refractivity contribution is 0.1000. The highest BCUT2D eigenvalue weighted by atomic mass is 19.1. The van der Waals surface area contributed by atoms with Gasteiger partial charge < -0.3 is 11.1 Å². The first-order valence-electron chi connectivity index (χ1n) is 7.26. The fraction of sp³-hybridized carbons (Fsp3) is 0.562. The van der Waals surface area contributed by atoms with Crippen molar-refractivity contribution in [3.05, 3.63) is 29.1 Å². The third-order valence-corrected chi connectivity index (χ3v) is 4.50. The lowest BCUT2D eigenvalue weighted by Crippen LogP contribution is -2.37. The van der Waals surface area contributed by atoms with Gasteiger partial charge in [-0.2, -0.15) is 0 Å². The quantitative estimate of drug-likeness (QED) is 0.889. The summed E-state index contributed by atoms with van der Waals surface area (Å²) in [6.45, 7) is 6.16. The molecule has 1 fully saturated rings. The Labute approximate surface area is 119 Å².